The number of nitrogens with one attached hydrogen (secondary N) is 1. The Morgan fingerprint density at radius 1 is 1.11 bits per heavy atom. The highest BCUT2D eigenvalue weighted by Gasteiger charge is 2.18. The predicted octanol–water partition coefficient (Wildman–Crippen LogP) is 4.52. The molecule has 1 amide bonds. The minimum atomic E-state index is -0.166. The van der Waals surface area contributed by atoms with Crippen molar-refractivity contribution in [2.45, 2.75) is 26.4 Å². The molecule has 0 saturated heterocycles. The van der Waals surface area contributed by atoms with Crippen LogP contribution in [0.15, 0.2) is 85.5 Å². The Kier molecular flexibility index (Phi) is 6.22. The van der Waals surface area contributed by atoms with E-state index in [1.54, 1.807) is 6.92 Å². The van der Waals surface area contributed by atoms with Crippen molar-refractivity contribution < 1.29 is 4.79 Å². The number of allylic oxidation sites excluding steroid dienone is 1. The second-order valence-electron chi connectivity index (χ2n) is 6.72. The van der Waals surface area contributed by atoms with Crippen LogP contribution in [0.25, 0.3) is 11.3 Å². The maximum atomic E-state index is 12.0. The number of hydrogen-bond donors (Lipinski definition) is 1. The van der Waals surface area contributed by atoms with E-state index < -0.39 is 0 Å². The first-order valence-electron chi connectivity index (χ1n) is 9.32. The molecular weight excluding hydrogens is 346 g/mol. The number of hydrogen-bond acceptors (Lipinski definition) is 2. The van der Waals surface area contributed by atoms with Crippen LogP contribution < -0.4 is 5.32 Å². The van der Waals surface area contributed by atoms with E-state index in [1.165, 1.54) is 5.56 Å². The van der Waals surface area contributed by atoms with Crippen molar-refractivity contribution in [3.63, 3.8) is 0 Å². The molecule has 3 rings (SSSR count). The Hall–Kier alpha value is -3.40. The first-order chi connectivity index (χ1) is 13.6. The lowest BCUT2D eigenvalue weighted by atomic mass is 10.1. The van der Waals surface area contributed by atoms with Crippen molar-refractivity contribution in [3.05, 3.63) is 103 Å². The first-order valence-corrected chi connectivity index (χ1v) is 9.32. The third-order valence-electron chi connectivity index (χ3n) is 4.48. The van der Waals surface area contributed by atoms with Crippen LogP contribution in [0.4, 0.5) is 0 Å². The first kappa shape index (κ1) is 19.4. The van der Waals surface area contributed by atoms with Gasteiger partial charge >= 0.3 is 0 Å². The van der Waals surface area contributed by atoms with E-state index in [2.05, 4.69) is 47.3 Å². The van der Waals surface area contributed by atoms with Crippen LogP contribution in [-0.2, 0) is 24.3 Å². The molecule has 0 fully saturated rings. The van der Waals surface area contributed by atoms with Crippen LogP contribution in [0, 0.1) is 0 Å². The van der Waals surface area contributed by atoms with Crippen molar-refractivity contribution in [2.75, 3.05) is 0 Å². The van der Waals surface area contributed by atoms with Crippen LogP contribution in [0.5, 0.6) is 0 Å². The molecule has 2 aromatic carbocycles. The number of imidazole rings is 1. The van der Waals surface area contributed by atoms with Crippen LogP contribution in [0.3, 0.4) is 0 Å². The molecule has 0 bridgehead atoms. The molecule has 142 valence electrons. The van der Waals surface area contributed by atoms with Gasteiger partial charge in [-0.2, -0.15) is 0 Å². The maximum absolute atomic E-state index is 12.0. The summed E-state index contributed by atoms with van der Waals surface area (Å²) in [6.07, 6.45) is 2.52. The molecule has 0 spiro atoms. The third kappa shape index (κ3) is 4.46. The largest absolute Gasteiger partial charge is 0.345 e. The summed E-state index contributed by atoms with van der Waals surface area (Å²) in [4.78, 5) is 16.9. The van der Waals surface area contributed by atoms with E-state index in [4.69, 9.17) is 4.98 Å². The Morgan fingerprint density at radius 3 is 2.36 bits per heavy atom. The van der Waals surface area contributed by atoms with Gasteiger partial charge in [-0.25, -0.2) is 4.98 Å². The van der Waals surface area contributed by atoms with Gasteiger partial charge in [0.15, 0.2) is 0 Å². The van der Waals surface area contributed by atoms with E-state index in [0.717, 1.165) is 22.8 Å². The fourth-order valence-electron chi connectivity index (χ4n) is 3.13. The zero-order chi connectivity index (χ0) is 19.9. The molecule has 1 aromatic heterocycles. The lowest BCUT2D eigenvalue weighted by Gasteiger charge is -2.14. The summed E-state index contributed by atoms with van der Waals surface area (Å²) in [5, 5.41) is 2.91. The second-order valence-corrected chi connectivity index (χ2v) is 6.72. The number of benzene rings is 2. The lowest BCUT2D eigenvalue weighted by molar-refractivity contribution is -0.117. The van der Waals surface area contributed by atoms with E-state index in [0.29, 0.717) is 25.1 Å². The molecular formula is C24H25N3O. The summed E-state index contributed by atoms with van der Waals surface area (Å²) in [6.45, 7) is 10.3. The minimum Gasteiger partial charge on any atom is -0.345 e. The minimum absolute atomic E-state index is 0.166. The van der Waals surface area contributed by atoms with Gasteiger partial charge in [-0.3, -0.25) is 4.79 Å². The Bertz CT molecular complexity index is 972. The van der Waals surface area contributed by atoms with Gasteiger partial charge in [-0.15, -0.1) is 6.58 Å². The second kappa shape index (κ2) is 9.00. The van der Waals surface area contributed by atoms with Gasteiger partial charge in [0.25, 0.3) is 0 Å². The normalized spacial score (nSPS) is 10.5. The standard InChI is InChI=1S/C24H25N3O/c1-4-11-21-23(20-14-9-6-10-15-20)27(17-19-12-7-5-8-13-19)22(26-21)16-25-24(28)18(2)3/h4-10,12-15H,1-2,11,16-17H2,3H3,(H,25,28). The fraction of sp³-hybridized carbons (Fsp3) is 0.167. The summed E-state index contributed by atoms with van der Waals surface area (Å²) >= 11 is 0. The topological polar surface area (TPSA) is 46.9 Å². The molecule has 0 unspecified atom stereocenters. The van der Waals surface area contributed by atoms with Crippen molar-refractivity contribution in [1.82, 2.24) is 14.9 Å². The molecule has 0 aliphatic heterocycles. The zero-order valence-corrected chi connectivity index (χ0v) is 16.2. The average Bonchev–Trinajstić information content (AvgIpc) is 3.04. The molecule has 0 aliphatic carbocycles. The van der Waals surface area contributed by atoms with Gasteiger partial charge in [0, 0.05) is 24.1 Å². The molecule has 3 aromatic rings. The van der Waals surface area contributed by atoms with E-state index in [9.17, 15) is 4.79 Å². The van der Waals surface area contributed by atoms with Crippen molar-refractivity contribution in [3.8, 4) is 11.3 Å². The van der Waals surface area contributed by atoms with Crippen LogP contribution in [0.1, 0.15) is 24.0 Å². The predicted molar refractivity (Wildman–Crippen MR) is 114 cm³/mol. The molecule has 4 heteroatoms. The van der Waals surface area contributed by atoms with Gasteiger partial charge in [0.1, 0.15) is 5.82 Å². The molecule has 1 heterocycles. The van der Waals surface area contributed by atoms with E-state index in [1.807, 2.05) is 42.5 Å². The number of carbonyl (C=O) groups excluding carboxylic acids is 1. The molecule has 0 saturated carbocycles. The average molecular weight is 371 g/mol. The van der Waals surface area contributed by atoms with Gasteiger partial charge in [-0.05, 0) is 12.5 Å². The molecule has 4 nitrogen and oxygen atoms in total. The highest BCUT2D eigenvalue weighted by molar-refractivity contribution is 5.91. The molecule has 0 radical (unpaired) electrons. The summed E-state index contributed by atoms with van der Waals surface area (Å²) in [6, 6.07) is 20.5. The molecule has 0 aliphatic rings. The SMILES string of the molecule is C=CCc1nc(CNC(=O)C(=C)C)n(Cc2ccccc2)c1-c1ccccc1. The fourth-order valence-corrected chi connectivity index (χ4v) is 3.13. The Morgan fingerprint density at radius 2 is 1.75 bits per heavy atom. The van der Waals surface area contributed by atoms with Crippen LogP contribution in [-0.4, -0.2) is 15.5 Å². The van der Waals surface area contributed by atoms with E-state index >= 15 is 0 Å². The van der Waals surface area contributed by atoms with E-state index in [-0.39, 0.29) is 5.91 Å². The highest BCUT2D eigenvalue weighted by atomic mass is 16.1. The number of nitrogens with zero attached hydrogens (tertiary/aromatic N) is 2. The number of amides is 1. The van der Waals surface area contributed by atoms with Crippen molar-refractivity contribution in [2.24, 2.45) is 0 Å². The summed E-state index contributed by atoms with van der Waals surface area (Å²) < 4.78 is 2.18. The van der Waals surface area contributed by atoms with Crippen LogP contribution >= 0.6 is 0 Å². The smallest absolute Gasteiger partial charge is 0.246 e. The van der Waals surface area contributed by atoms with Gasteiger partial charge in [-0.1, -0.05) is 73.3 Å². The van der Waals surface area contributed by atoms with Gasteiger partial charge < -0.3 is 9.88 Å². The summed E-state index contributed by atoms with van der Waals surface area (Å²) in [5.41, 5.74) is 4.77. The summed E-state index contributed by atoms with van der Waals surface area (Å²) in [5.74, 6) is 0.648. The monoisotopic (exact) mass is 371 g/mol. The Balaban J connectivity index is 2.08. The third-order valence-corrected chi connectivity index (χ3v) is 4.48. The van der Waals surface area contributed by atoms with Crippen molar-refractivity contribution >= 4 is 5.91 Å². The van der Waals surface area contributed by atoms with Gasteiger partial charge in [0.2, 0.25) is 5.91 Å². The Labute approximate surface area is 166 Å². The molecule has 0 atom stereocenters. The highest BCUT2D eigenvalue weighted by Crippen LogP contribution is 2.27. The molecule has 28 heavy (non-hydrogen) atoms. The number of rotatable bonds is 8. The number of aromatic nitrogens is 2. The molecule has 1 N–H and O–H groups in total. The lowest BCUT2D eigenvalue weighted by Crippen LogP contribution is -2.25. The zero-order valence-electron chi connectivity index (χ0n) is 16.2. The quantitative estimate of drug-likeness (QED) is 0.467. The number of carbonyl (C=O) groups is 1. The van der Waals surface area contributed by atoms with Crippen LogP contribution in [0.2, 0.25) is 0 Å². The maximum Gasteiger partial charge on any atom is 0.246 e. The van der Waals surface area contributed by atoms with Gasteiger partial charge in [0.05, 0.1) is 17.9 Å². The van der Waals surface area contributed by atoms with Crippen molar-refractivity contribution in [1.29, 1.82) is 0 Å². The summed E-state index contributed by atoms with van der Waals surface area (Å²) in [7, 11) is 0.